The fraction of sp³-hybridized carbons (Fsp3) is 1.00. The number of aliphatic hydroxyl groups excluding tert-OH is 1. The van der Waals surface area contributed by atoms with Crippen LogP contribution in [0, 0.1) is 11.8 Å². The zero-order valence-electron chi connectivity index (χ0n) is 19.1. The maximum absolute atomic E-state index is 9.52. The third-order valence-corrected chi connectivity index (χ3v) is 6.87. The molecule has 0 amide bonds. The molecule has 180 valence electrons. The molecule has 0 spiro atoms. The molecule has 8 heteroatoms. The predicted molar refractivity (Wildman–Crippen MR) is 111 cm³/mol. The maximum Gasteiger partial charge on any atom is 0.161 e. The monoisotopic (exact) mass is 444 g/mol. The molecule has 0 aromatic carbocycles. The Bertz CT molecular complexity index is 546. The number of fused-ring (bicyclic) bond motifs is 1. The number of hydrogen-bond donors (Lipinski definition) is 1. The summed E-state index contributed by atoms with van der Waals surface area (Å²) in [4.78, 5) is 0. The van der Waals surface area contributed by atoms with Crippen molar-refractivity contribution in [2.75, 3.05) is 26.4 Å². The molecule has 10 unspecified atom stereocenters. The highest BCUT2D eigenvalue weighted by Gasteiger charge is 2.47. The van der Waals surface area contributed by atoms with Crippen molar-refractivity contribution in [1.82, 2.24) is 0 Å². The topological polar surface area (TPSA) is 88.1 Å². The van der Waals surface area contributed by atoms with Gasteiger partial charge in [-0.05, 0) is 52.4 Å². The number of epoxide rings is 1. The molecule has 4 rings (SSSR count). The molecule has 0 bridgehead atoms. The summed E-state index contributed by atoms with van der Waals surface area (Å²) in [5, 5.41) is 9.52. The van der Waals surface area contributed by atoms with Crippen molar-refractivity contribution in [3.05, 3.63) is 0 Å². The van der Waals surface area contributed by atoms with Gasteiger partial charge >= 0.3 is 0 Å². The van der Waals surface area contributed by atoms with Gasteiger partial charge in [-0.25, -0.2) is 0 Å². The summed E-state index contributed by atoms with van der Waals surface area (Å²) in [6.45, 7) is 7.81. The van der Waals surface area contributed by atoms with Gasteiger partial charge in [0, 0.05) is 11.8 Å². The lowest BCUT2D eigenvalue weighted by molar-refractivity contribution is -0.175. The smallest absolute Gasteiger partial charge is 0.161 e. The molecule has 4 fully saturated rings. The second-order valence-corrected chi connectivity index (χ2v) is 9.53. The largest absolute Gasteiger partial charge is 0.393 e. The van der Waals surface area contributed by atoms with Gasteiger partial charge in [0.25, 0.3) is 0 Å². The molecule has 0 radical (unpaired) electrons. The van der Waals surface area contributed by atoms with Gasteiger partial charge in [-0.1, -0.05) is 6.92 Å². The van der Waals surface area contributed by atoms with E-state index in [1.807, 2.05) is 13.8 Å². The third-order valence-electron chi connectivity index (χ3n) is 6.87. The van der Waals surface area contributed by atoms with Gasteiger partial charge in [-0.2, -0.15) is 0 Å². The van der Waals surface area contributed by atoms with Crippen LogP contribution in [-0.4, -0.2) is 80.9 Å². The van der Waals surface area contributed by atoms with Gasteiger partial charge in [-0.3, -0.25) is 0 Å². The summed E-state index contributed by atoms with van der Waals surface area (Å²) >= 11 is 0. The Balaban J connectivity index is 1.08. The van der Waals surface area contributed by atoms with Crippen LogP contribution in [0.5, 0.6) is 0 Å². The van der Waals surface area contributed by atoms with Crippen LogP contribution in [0.1, 0.15) is 59.3 Å². The van der Waals surface area contributed by atoms with Crippen LogP contribution in [0.25, 0.3) is 0 Å². The maximum atomic E-state index is 9.52. The molecule has 10 atom stereocenters. The van der Waals surface area contributed by atoms with Crippen LogP contribution in [-0.2, 0) is 33.2 Å². The van der Waals surface area contributed by atoms with Crippen molar-refractivity contribution < 1.29 is 38.3 Å². The number of rotatable bonds is 12. The van der Waals surface area contributed by atoms with Gasteiger partial charge < -0.3 is 38.3 Å². The predicted octanol–water partition coefficient (Wildman–Crippen LogP) is 2.60. The molecule has 3 saturated heterocycles. The van der Waals surface area contributed by atoms with Crippen LogP contribution < -0.4 is 0 Å². The first-order chi connectivity index (χ1) is 15.0. The average Bonchev–Trinajstić information content (AvgIpc) is 3.14. The highest BCUT2D eigenvalue weighted by Crippen LogP contribution is 2.42. The minimum absolute atomic E-state index is 0.0523. The van der Waals surface area contributed by atoms with Crippen LogP contribution in [0.2, 0.25) is 0 Å². The van der Waals surface area contributed by atoms with Gasteiger partial charge in [0.15, 0.2) is 18.9 Å². The van der Waals surface area contributed by atoms with E-state index < -0.39 is 0 Å². The Morgan fingerprint density at radius 3 is 2.35 bits per heavy atom. The van der Waals surface area contributed by atoms with E-state index in [1.165, 1.54) is 0 Å². The fourth-order valence-electron chi connectivity index (χ4n) is 4.81. The molecule has 1 saturated carbocycles. The highest BCUT2D eigenvalue weighted by atomic mass is 16.8. The summed E-state index contributed by atoms with van der Waals surface area (Å²) in [5.41, 5.74) is 0. The molecule has 3 heterocycles. The molecule has 1 N–H and O–H groups in total. The summed E-state index contributed by atoms with van der Waals surface area (Å²) in [5.74, 6) is 0.727. The molecule has 3 aliphatic heterocycles. The molecular weight excluding hydrogens is 404 g/mol. The molecule has 4 aliphatic rings. The Kier molecular flexibility index (Phi) is 8.61. The summed E-state index contributed by atoms with van der Waals surface area (Å²) in [6.07, 6.45) is 5.70. The first kappa shape index (κ1) is 23.8. The second kappa shape index (κ2) is 11.2. The van der Waals surface area contributed by atoms with E-state index in [-0.39, 0.29) is 37.2 Å². The summed E-state index contributed by atoms with van der Waals surface area (Å²) in [7, 11) is 0. The van der Waals surface area contributed by atoms with Crippen molar-refractivity contribution in [3.63, 3.8) is 0 Å². The molecule has 8 nitrogen and oxygen atoms in total. The number of hydrogen-bond acceptors (Lipinski definition) is 8. The molecular formula is C23H40O8. The Morgan fingerprint density at radius 1 is 0.903 bits per heavy atom. The Hall–Kier alpha value is -0.320. The van der Waals surface area contributed by atoms with Crippen LogP contribution in [0.3, 0.4) is 0 Å². The lowest BCUT2D eigenvalue weighted by Gasteiger charge is -2.24. The molecule has 0 aromatic heterocycles. The SMILES string of the molecule is CCC(CCC(C)O)C1OCC(COC(C)OCC2COC(C3CCC4OC4C3)O2)O1. The van der Waals surface area contributed by atoms with Crippen LogP contribution in [0.4, 0.5) is 0 Å². The van der Waals surface area contributed by atoms with Crippen molar-refractivity contribution >= 4 is 0 Å². The first-order valence-corrected chi connectivity index (χ1v) is 12.1. The molecule has 31 heavy (non-hydrogen) atoms. The zero-order valence-corrected chi connectivity index (χ0v) is 19.1. The van der Waals surface area contributed by atoms with Gasteiger partial charge in [0.05, 0.1) is 44.7 Å². The minimum Gasteiger partial charge on any atom is -0.393 e. The van der Waals surface area contributed by atoms with E-state index in [9.17, 15) is 5.11 Å². The van der Waals surface area contributed by atoms with Crippen molar-refractivity contribution in [3.8, 4) is 0 Å². The zero-order chi connectivity index (χ0) is 21.8. The van der Waals surface area contributed by atoms with E-state index in [0.29, 0.717) is 50.5 Å². The van der Waals surface area contributed by atoms with Gasteiger partial charge in [-0.15, -0.1) is 0 Å². The highest BCUT2D eigenvalue weighted by molar-refractivity contribution is 4.93. The van der Waals surface area contributed by atoms with Crippen LogP contribution in [0.15, 0.2) is 0 Å². The Labute approximate surface area is 185 Å². The van der Waals surface area contributed by atoms with E-state index in [4.69, 9.17) is 33.2 Å². The first-order valence-electron chi connectivity index (χ1n) is 12.1. The van der Waals surface area contributed by atoms with E-state index in [1.54, 1.807) is 0 Å². The van der Waals surface area contributed by atoms with Crippen molar-refractivity contribution in [1.29, 1.82) is 0 Å². The van der Waals surface area contributed by atoms with E-state index in [2.05, 4.69) is 6.92 Å². The van der Waals surface area contributed by atoms with Crippen LogP contribution >= 0.6 is 0 Å². The van der Waals surface area contributed by atoms with Crippen molar-refractivity contribution in [2.45, 2.75) is 109 Å². The standard InChI is InChI=1S/C23H40O8/c1-4-16(6-5-14(2)24)22-27-12-18(29-22)10-25-15(3)26-11-19-13-28-23(30-19)17-7-8-20-21(9-17)31-20/h14-24H,4-13H2,1-3H3. The summed E-state index contributed by atoms with van der Waals surface area (Å²) < 4.78 is 41.1. The number of aliphatic hydroxyl groups is 1. The molecule has 0 aromatic rings. The lowest BCUT2D eigenvalue weighted by atomic mass is 9.89. The average molecular weight is 445 g/mol. The quantitative estimate of drug-likeness (QED) is 0.363. The fourth-order valence-corrected chi connectivity index (χ4v) is 4.81. The molecule has 1 aliphatic carbocycles. The second-order valence-electron chi connectivity index (χ2n) is 9.53. The van der Waals surface area contributed by atoms with Crippen molar-refractivity contribution in [2.24, 2.45) is 11.8 Å². The van der Waals surface area contributed by atoms with E-state index >= 15 is 0 Å². The normalized spacial score (nSPS) is 40.5. The van der Waals surface area contributed by atoms with E-state index in [0.717, 1.165) is 38.5 Å². The minimum atomic E-state index is -0.349. The van der Waals surface area contributed by atoms with Gasteiger partial charge in [0.2, 0.25) is 0 Å². The van der Waals surface area contributed by atoms with Gasteiger partial charge in [0.1, 0.15) is 12.2 Å². The summed E-state index contributed by atoms with van der Waals surface area (Å²) in [6, 6.07) is 0. The lowest BCUT2D eigenvalue weighted by Crippen LogP contribution is -2.30. The third kappa shape index (κ3) is 6.84. The number of ether oxygens (including phenoxy) is 7. The Morgan fingerprint density at radius 2 is 1.65 bits per heavy atom.